The third kappa shape index (κ3) is 3.71. The second kappa shape index (κ2) is 7.06. The number of nitrogens with zero attached hydrogens (tertiary/aromatic N) is 1. The SMILES string of the molecule is CN(C)C(CNC(=O)C1CC(=O)Nc2cc(F)ccc21)c1ccco1. The van der Waals surface area contributed by atoms with Crippen LogP contribution in [0.5, 0.6) is 0 Å². The monoisotopic (exact) mass is 345 g/mol. The Balaban J connectivity index is 1.74. The Morgan fingerprint density at radius 2 is 2.24 bits per heavy atom. The molecule has 0 aliphatic carbocycles. The van der Waals surface area contributed by atoms with Gasteiger partial charge in [0.2, 0.25) is 11.8 Å². The summed E-state index contributed by atoms with van der Waals surface area (Å²) >= 11 is 0. The fourth-order valence-corrected chi connectivity index (χ4v) is 3.01. The first-order valence-corrected chi connectivity index (χ1v) is 8.02. The van der Waals surface area contributed by atoms with E-state index < -0.39 is 11.7 Å². The molecule has 0 saturated heterocycles. The number of likely N-dealkylation sites (N-methyl/N-ethyl adjacent to an activating group) is 1. The maximum absolute atomic E-state index is 13.4. The van der Waals surface area contributed by atoms with E-state index >= 15 is 0 Å². The molecule has 2 heterocycles. The standard InChI is InChI=1S/C18H20FN3O3/c1-22(2)15(16-4-3-7-25-16)10-20-18(24)13-9-17(23)21-14-8-11(19)5-6-12(13)14/h3-8,13,15H,9-10H2,1-2H3,(H,20,24)(H,21,23). The van der Waals surface area contributed by atoms with E-state index in [0.717, 1.165) is 5.76 Å². The Labute approximate surface area is 145 Å². The number of rotatable bonds is 5. The number of furan rings is 1. The molecule has 2 aromatic rings. The van der Waals surface area contributed by atoms with Crippen LogP contribution in [0.3, 0.4) is 0 Å². The van der Waals surface area contributed by atoms with Crippen molar-refractivity contribution in [1.29, 1.82) is 0 Å². The van der Waals surface area contributed by atoms with Gasteiger partial charge in [-0.1, -0.05) is 6.07 Å². The molecule has 1 aromatic heterocycles. The lowest BCUT2D eigenvalue weighted by Crippen LogP contribution is -2.39. The van der Waals surface area contributed by atoms with Crippen LogP contribution in [0.1, 0.15) is 29.7 Å². The highest BCUT2D eigenvalue weighted by Crippen LogP contribution is 2.33. The first-order chi connectivity index (χ1) is 12.0. The highest BCUT2D eigenvalue weighted by molar-refractivity contribution is 6.01. The fraction of sp³-hybridized carbons (Fsp3) is 0.333. The predicted molar refractivity (Wildman–Crippen MR) is 90.5 cm³/mol. The fourth-order valence-electron chi connectivity index (χ4n) is 3.01. The minimum absolute atomic E-state index is 0.0395. The van der Waals surface area contributed by atoms with Gasteiger partial charge < -0.3 is 15.1 Å². The lowest BCUT2D eigenvalue weighted by molar-refractivity contribution is -0.126. The quantitative estimate of drug-likeness (QED) is 0.872. The number of fused-ring (bicyclic) bond motifs is 1. The van der Waals surface area contributed by atoms with Gasteiger partial charge in [-0.2, -0.15) is 0 Å². The van der Waals surface area contributed by atoms with Gasteiger partial charge in [-0.05, 0) is 43.9 Å². The van der Waals surface area contributed by atoms with Gasteiger partial charge in [0.25, 0.3) is 0 Å². The number of carbonyl (C=O) groups excluding carboxylic acids is 2. The first kappa shape index (κ1) is 17.2. The number of halogens is 1. The van der Waals surface area contributed by atoms with Crippen LogP contribution < -0.4 is 10.6 Å². The second-order valence-electron chi connectivity index (χ2n) is 6.28. The Bertz CT molecular complexity index is 774. The van der Waals surface area contributed by atoms with Crippen molar-refractivity contribution in [3.05, 3.63) is 53.7 Å². The molecule has 1 aliphatic rings. The molecule has 0 bridgehead atoms. The van der Waals surface area contributed by atoms with Crippen molar-refractivity contribution in [2.45, 2.75) is 18.4 Å². The van der Waals surface area contributed by atoms with E-state index in [9.17, 15) is 14.0 Å². The third-order valence-electron chi connectivity index (χ3n) is 4.34. The molecule has 1 aromatic carbocycles. The number of hydrogen-bond acceptors (Lipinski definition) is 4. The normalized spacial score (nSPS) is 17.8. The van der Waals surface area contributed by atoms with Crippen molar-refractivity contribution in [3.63, 3.8) is 0 Å². The number of benzene rings is 1. The van der Waals surface area contributed by atoms with Gasteiger partial charge in [-0.3, -0.25) is 14.5 Å². The van der Waals surface area contributed by atoms with E-state index in [0.29, 0.717) is 17.8 Å². The van der Waals surface area contributed by atoms with Gasteiger partial charge in [0, 0.05) is 18.7 Å². The van der Waals surface area contributed by atoms with Crippen LogP contribution in [0.15, 0.2) is 41.0 Å². The number of hydrogen-bond donors (Lipinski definition) is 2. The van der Waals surface area contributed by atoms with E-state index in [1.54, 1.807) is 18.4 Å². The number of anilines is 1. The molecule has 0 saturated carbocycles. The average Bonchev–Trinajstić information content (AvgIpc) is 3.07. The number of amides is 2. The van der Waals surface area contributed by atoms with Crippen molar-refractivity contribution >= 4 is 17.5 Å². The molecule has 2 amide bonds. The van der Waals surface area contributed by atoms with Crippen LogP contribution in [-0.4, -0.2) is 37.4 Å². The molecule has 3 rings (SSSR count). The van der Waals surface area contributed by atoms with E-state index in [2.05, 4.69) is 10.6 Å². The van der Waals surface area contributed by atoms with Crippen LogP contribution in [0.25, 0.3) is 0 Å². The van der Waals surface area contributed by atoms with Gasteiger partial charge in [0.05, 0.1) is 18.2 Å². The molecular weight excluding hydrogens is 325 g/mol. The lowest BCUT2D eigenvalue weighted by Gasteiger charge is -2.27. The van der Waals surface area contributed by atoms with Crippen LogP contribution in [0.4, 0.5) is 10.1 Å². The zero-order chi connectivity index (χ0) is 18.0. The number of nitrogens with one attached hydrogen (secondary N) is 2. The summed E-state index contributed by atoms with van der Waals surface area (Å²) in [7, 11) is 3.79. The zero-order valence-corrected chi connectivity index (χ0v) is 14.1. The van der Waals surface area contributed by atoms with E-state index in [1.165, 1.54) is 12.1 Å². The van der Waals surface area contributed by atoms with Crippen molar-refractivity contribution in [3.8, 4) is 0 Å². The Kier molecular flexibility index (Phi) is 4.85. The summed E-state index contributed by atoms with van der Waals surface area (Å²) in [4.78, 5) is 26.4. The minimum Gasteiger partial charge on any atom is -0.468 e. The molecule has 132 valence electrons. The van der Waals surface area contributed by atoms with Crippen LogP contribution in [-0.2, 0) is 9.59 Å². The van der Waals surface area contributed by atoms with Crippen molar-refractivity contribution < 1.29 is 18.4 Å². The van der Waals surface area contributed by atoms with Crippen molar-refractivity contribution in [2.24, 2.45) is 0 Å². The largest absolute Gasteiger partial charge is 0.468 e. The van der Waals surface area contributed by atoms with Crippen LogP contribution in [0, 0.1) is 5.82 Å². The maximum atomic E-state index is 13.4. The Morgan fingerprint density at radius 3 is 2.92 bits per heavy atom. The highest BCUT2D eigenvalue weighted by atomic mass is 19.1. The summed E-state index contributed by atoms with van der Waals surface area (Å²) in [5.41, 5.74) is 0.976. The van der Waals surface area contributed by atoms with Crippen LogP contribution >= 0.6 is 0 Å². The van der Waals surface area contributed by atoms with Gasteiger partial charge in [0.15, 0.2) is 0 Å². The molecule has 25 heavy (non-hydrogen) atoms. The van der Waals surface area contributed by atoms with Crippen LogP contribution in [0.2, 0.25) is 0 Å². The summed E-state index contributed by atoms with van der Waals surface area (Å²) in [6.07, 6.45) is 1.63. The van der Waals surface area contributed by atoms with Gasteiger partial charge in [0.1, 0.15) is 11.6 Å². The summed E-state index contributed by atoms with van der Waals surface area (Å²) < 4.78 is 18.8. The Morgan fingerprint density at radius 1 is 1.44 bits per heavy atom. The maximum Gasteiger partial charge on any atom is 0.228 e. The molecule has 0 fully saturated rings. The summed E-state index contributed by atoms with van der Waals surface area (Å²) in [6, 6.07) is 7.60. The first-order valence-electron chi connectivity index (χ1n) is 8.02. The topological polar surface area (TPSA) is 74.6 Å². The molecule has 7 heteroatoms. The Hall–Kier alpha value is -2.67. The smallest absolute Gasteiger partial charge is 0.228 e. The lowest BCUT2D eigenvalue weighted by atomic mass is 9.89. The molecule has 0 radical (unpaired) electrons. The van der Waals surface area contributed by atoms with Gasteiger partial charge >= 0.3 is 0 Å². The van der Waals surface area contributed by atoms with E-state index in [4.69, 9.17) is 4.42 Å². The van der Waals surface area contributed by atoms with E-state index in [1.807, 2.05) is 25.1 Å². The average molecular weight is 345 g/mol. The molecule has 0 spiro atoms. The molecule has 2 unspecified atom stereocenters. The van der Waals surface area contributed by atoms with Crippen molar-refractivity contribution in [2.75, 3.05) is 26.0 Å². The minimum atomic E-state index is -0.635. The summed E-state index contributed by atoms with van der Waals surface area (Å²) in [5, 5.41) is 5.49. The summed E-state index contributed by atoms with van der Waals surface area (Å²) in [5.74, 6) is -0.905. The second-order valence-corrected chi connectivity index (χ2v) is 6.28. The van der Waals surface area contributed by atoms with Gasteiger partial charge in [-0.15, -0.1) is 0 Å². The molecular formula is C18H20FN3O3. The molecule has 2 N–H and O–H groups in total. The van der Waals surface area contributed by atoms with Crippen molar-refractivity contribution in [1.82, 2.24) is 10.2 Å². The highest BCUT2D eigenvalue weighted by Gasteiger charge is 2.31. The number of carbonyl (C=O) groups is 2. The predicted octanol–water partition coefficient (Wildman–Crippen LogP) is 2.26. The molecule has 2 atom stereocenters. The third-order valence-corrected chi connectivity index (χ3v) is 4.34. The van der Waals surface area contributed by atoms with E-state index in [-0.39, 0.29) is 24.3 Å². The zero-order valence-electron chi connectivity index (χ0n) is 14.1. The summed E-state index contributed by atoms with van der Waals surface area (Å²) in [6.45, 7) is 0.341. The molecule has 6 nitrogen and oxygen atoms in total. The molecule has 1 aliphatic heterocycles. The van der Waals surface area contributed by atoms with Gasteiger partial charge in [-0.25, -0.2) is 4.39 Å².